The van der Waals surface area contributed by atoms with Gasteiger partial charge in [0.2, 0.25) is 5.96 Å². The van der Waals surface area contributed by atoms with Crippen molar-refractivity contribution in [2.24, 2.45) is 15.8 Å². The van der Waals surface area contributed by atoms with E-state index < -0.39 is 0 Å². The van der Waals surface area contributed by atoms with Crippen LogP contribution in [-0.2, 0) is 0 Å². The number of nitrogens with one attached hydrogen (secondary N) is 1. The van der Waals surface area contributed by atoms with Crippen LogP contribution in [0.2, 0.25) is 0 Å². The average Bonchev–Trinajstić information content (AvgIpc) is 2.23. The lowest BCUT2D eigenvalue weighted by Gasteiger charge is -1.99. The first-order valence-corrected chi connectivity index (χ1v) is 4.17. The Labute approximate surface area is 86.8 Å². The number of guanidine groups is 1. The van der Waals surface area contributed by atoms with E-state index in [2.05, 4.69) is 15.5 Å². The first-order valence-electron chi connectivity index (χ1n) is 4.17. The van der Waals surface area contributed by atoms with Crippen LogP contribution in [-0.4, -0.2) is 29.4 Å². The predicted molar refractivity (Wildman–Crippen MR) is 58.0 cm³/mol. The topological polar surface area (TPSA) is 103 Å². The van der Waals surface area contributed by atoms with Gasteiger partial charge in [-0.15, -0.1) is 0 Å². The van der Waals surface area contributed by atoms with Gasteiger partial charge in [-0.3, -0.25) is 4.99 Å². The summed E-state index contributed by atoms with van der Waals surface area (Å²) in [7, 11) is 1.53. The van der Waals surface area contributed by atoms with Crippen LogP contribution in [0.1, 0.15) is 5.56 Å². The van der Waals surface area contributed by atoms with Crippen LogP contribution in [0.25, 0.3) is 0 Å². The molecule has 0 heterocycles. The summed E-state index contributed by atoms with van der Waals surface area (Å²) < 4.78 is 0. The standard InChI is InChI=1S/C9H12N4O2/c1-11-9(10)13-12-5-6-2-3-7(14)8(15)4-6/h2-5,14-15H,1H3,(H3,10,11,13)/b12-5+. The van der Waals surface area contributed by atoms with Crippen molar-refractivity contribution in [2.75, 3.05) is 7.05 Å². The number of hydrazone groups is 1. The third-order valence-corrected chi connectivity index (χ3v) is 1.63. The monoisotopic (exact) mass is 208 g/mol. The maximum absolute atomic E-state index is 9.17. The molecule has 0 saturated carbocycles. The molecular weight excluding hydrogens is 196 g/mol. The van der Waals surface area contributed by atoms with Crippen molar-refractivity contribution < 1.29 is 10.2 Å². The Morgan fingerprint density at radius 1 is 1.40 bits per heavy atom. The first-order chi connectivity index (χ1) is 7.13. The zero-order valence-corrected chi connectivity index (χ0v) is 8.18. The number of rotatable bonds is 2. The van der Waals surface area contributed by atoms with Gasteiger partial charge in [-0.05, 0) is 23.8 Å². The van der Waals surface area contributed by atoms with E-state index in [4.69, 9.17) is 10.8 Å². The summed E-state index contributed by atoms with van der Waals surface area (Å²) in [5.74, 6) is -0.180. The van der Waals surface area contributed by atoms with Gasteiger partial charge in [0, 0.05) is 7.05 Å². The lowest BCUT2D eigenvalue weighted by Crippen LogP contribution is -2.26. The van der Waals surface area contributed by atoms with Gasteiger partial charge in [-0.2, -0.15) is 5.10 Å². The quantitative estimate of drug-likeness (QED) is 0.237. The highest BCUT2D eigenvalue weighted by Gasteiger charge is 1.97. The molecule has 80 valence electrons. The Morgan fingerprint density at radius 2 is 2.13 bits per heavy atom. The minimum atomic E-state index is -0.198. The highest BCUT2D eigenvalue weighted by atomic mass is 16.3. The van der Waals surface area contributed by atoms with E-state index in [1.807, 2.05) is 0 Å². The average molecular weight is 208 g/mol. The summed E-state index contributed by atoms with van der Waals surface area (Å²) in [6.07, 6.45) is 1.44. The van der Waals surface area contributed by atoms with Crippen LogP contribution < -0.4 is 11.2 Å². The molecule has 6 nitrogen and oxygen atoms in total. The van der Waals surface area contributed by atoms with Crippen molar-refractivity contribution >= 4 is 12.2 Å². The van der Waals surface area contributed by atoms with Crippen LogP contribution in [0.4, 0.5) is 0 Å². The third-order valence-electron chi connectivity index (χ3n) is 1.63. The van der Waals surface area contributed by atoms with Gasteiger partial charge in [0.25, 0.3) is 0 Å². The van der Waals surface area contributed by atoms with E-state index in [0.29, 0.717) is 5.56 Å². The number of benzene rings is 1. The van der Waals surface area contributed by atoms with E-state index >= 15 is 0 Å². The largest absolute Gasteiger partial charge is 0.504 e. The highest BCUT2D eigenvalue weighted by Crippen LogP contribution is 2.23. The lowest BCUT2D eigenvalue weighted by atomic mass is 10.2. The second kappa shape index (κ2) is 4.85. The molecule has 15 heavy (non-hydrogen) atoms. The predicted octanol–water partition coefficient (Wildman–Crippen LogP) is -0.0342. The van der Waals surface area contributed by atoms with Gasteiger partial charge in [0.05, 0.1) is 6.21 Å². The van der Waals surface area contributed by atoms with Crippen molar-refractivity contribution in [1.82, 2.24) is 5.43 Å². The summed E-state index contributed by atoms with van der Waals surface area (Å²) in [6, 6.07) is 4.34. The zero-order chi connectivity index (χ0) is 11.3. The molecule has 1 aromatic rings. The lowest BCUT2D eigenvalue weighted by molar-refractivity contribution is 0.403. The molecule has 1 rings (SSSR count). The van der Waals surface area contributed by atoms with E-state index in [9.17, 15) is 5.11 Å². The van der Waals surface area contributed by atoms with Crippen molar-refractivity contribution in [3.05, 3.63) is 23.8 Å². The van der Waals surface area contributed by atoms with E-state index in [1.54, 1.807) is 6.07 Å². The first kappa shape index (κ1) is 10.8. The Balaban J connectivity index is 2.69. The molecule has 0 aliphatic carbocycles. The van der Waals surface area contributed by atoms with Crippen LogP contribution in [0.5, 0.6) is 11.5 Å². The molecule has 0 aromatic heterocycles. The molecule has 0 spiro atoms. The smallest absolute Gasteiger partial charge is 0.209 e. The fourth-order valence-corrected chi connectivity index (χ4v) is 0.844. The van der Waals surface area contributed by atoms with Gasteiger partial charge in [-0.1, -0.05) is 0 Å². The number of nitrogens with two attached hydrogens (primary N) is 1. The Morgan fingerprint density at radius 3 is 2.73 bits per heavy atom. The number of aliphatic imine (C=N–C) groups is 1. The fourth-order valence-electron chi connectivity index (χ4n) is 0.844. The SMILES string of the molecule is CN=C(N)N/N=C/c1ccc(O)c(O)c1. The molecule has 0 bridgehead atoms. The zero-order valence-electron chi connectivity index (χ0n) is 8.18. The second-order valence-corrected chi connectivity index (χ2v) is 2.73. The molecule has 0 aliphatic heterocycles. The summed E-state index contributed by atoms with van der Waals surface area (Å²) in [4.78, 5) is 3.63. The normalized spacial score (nSPS) is 11.9. The molecule has 0 radical (unpaired) electrons. The summed E-state index contributed by atoms with van der Waals surface area (Å²) in [5.41, 5.74) is 8.42. The minimum absolute atomic E-state index is 0.172. The number of hydrogen-bond acceptors (Lipinski definition) is 4. The van der Waals surface area contributed by atoms with Gasteiger partial charge >= 0.3 is 0 Å². The molecule has 1 aromatic carbocycles. The van der Waals surface area contributed by atoms with Gasteiger partial charge < -0.3 is 15.9 Å². The molecular formula is C9H12N4O2. The number of phenols is 2. The van der Waals surface area contributed by atoms with Crippen LogP contribution in [0.3, 0.4) is 0 Å². The molecule has 0 fully saturated rings. The molecule has 6 heteroatoms. The molecule has 0 amide bonds. The van der Waals surface area contributed by atoms with Gasteiger partial charge in [0.15, 0.2) is 11.5 Å². The number of phenolic OH excluding ortho intramolecular Hbond substituents is 2. The third kappa shape index (κ3) is 3.18. The maximum atomic E-state index is 9.17. The van der Waals surface area contributed by atoms with Gasteiger partial charge in [-0.25, -0.2) is 5.43 Å². The summed E-state index contributed by atoms with van der Waals surface area (Å²) >= 11 is 0. The van der Waals surface area contributed by atoms with Crippen LogP contribution in [0, 0.1) is 0 Å². The van der Waals surface area contributed by atoms with Crippen molar-refractivity contribution in [3.8, 4) is 11.5 Å². The summed E-state index contributed by atoms with van der Waals surface area (Å²) in [5, 5.41) is 22.0. The second-order valence-electron chi connectivity index (χ2n) is 2.73. The van der Waals surface area contributed by atoms with E-state index in [0.717, 1.165) is 0 Å². The number of hydrogen-bond donors (Lipinski definition) is 4. The van der Waals surface area contributed by atoms with E-state index in [1.165, 1.54) is 25.4 Å². The van der Waals surface area contributed by atoms with Crippen LogP contribution >= 0.6 is 0 Å². The van der Waals surface area contributed by atoms with Crippen molar-refractivity contribution in [2.45, 2.75) is 0 Å². The van der Waals surface area contributed by atoms with Crippen molar-refractivity contribution in [1.29, 1.82) is 0 Å². The fraction of sp³-hybridized carbons (Fsp3) is 0.111. The minimum Gasteiger partial charge on any atom is -0.504 e. The maximum Gasteiger partial charge on any atom is 0.209 e. The van der Waals surface area contributed by atoms with Crippen molar-refractivity contribution in [3.63, 3.8) is 0 Å². The number of aromatic hydroxyl groups is 2. The summed E-state index contributed by atoms with van der Waals surface area (Å²) in [6.45, 7) is 0. The molecule has 0 atom stereocenters. The molecule has 5 N–H and O–H groups in total. The molecule has 0 unspecified atom stereocenters. The Bertz CT molecular complexity index is 401. The Kier molecular flexibility index (Phi) is 3.50. The van der Waals surface area contributed by atoms with E-state index in [-0.39, 0.29) is 17.5 Å². The molecule has 0 saturated heterocycles. The molecule has 0 aliphatic rings. The van der Waals surface area contributed by atoms with Crippen LogP contribution in [0.15, 0.2) is 28.3 Å². The van der Waals surface area contributed by atoms with Gasteiger partial charge in [0.1, 0.15) is 0 Å². The number of nitrogens with zero attached hydrogens (tertiary/aromatic N) is 2. The Hall–Kier alpha value is -2.24. The highest BCUT2D eigenvalue weighted by molar-refractivity contribution is 5.83.